The second-order valence-electron chi connectivity index (χ2n) is 8.66. The number of anilines is 3. The van der Waals surface area contributed by atoms with Crippen molar-refractivity contribution in [2.45, 2.75) is 40.0 Å². The number of aryl methyl sites for hydroxylation is 1. The van der Waals surface area contributed by atoms with Crippen LogP contribution in [0, 0.1) is 12.8 Å². The van der Waals surface area contributed by atoms with E-state index in [9.17, 15) is 0 Å². The van der Waals surface area contributed by atoms with E-state index >= 15 is 0 Å². The van der Waals surface area contributed by atoms with Gasteiger partial charge in [0.15, 0.2) is 0 Å². The molecular weight excluding hydrogens is 382 g/mol. The van der Waals surface area contributed by atoms with Crippen LogP contribution < -0.4 is 10.2 Å². The van der Waals surface area contributed by atoms with E-state index in [1.165, 1.54) is 42.4 Å². The first kappa shape index (κ1) is 21.6. The van der Waals surface area contributed by atoms with Crippen LogP contribution in [0.25, 0.3) is 10.8 Å². The largest absolute Gasteiger partial charge is 0.371 e. The molecule has 0 saturated carbocycles. The van der Waals surface area contributed by atoms with Gasteiger partial charge in [-0.25, -0.2) is 4.98 Å². The molecule has 3 heterocycles. The van der Waals surface area contributed by atoms with E-state index in [0.717, 1.165) is 49.0 Å². The van der Waals surface area contributed by atoms with E-state index in [0.29, 0.717) is 0 Å². The van der Waals surface area contributed by atoms with Gasteiger partial charge in [0.25, 0.3) is 0 Å². The fourth-order valence-electron chi connectivity index (χ4n) is 4.60. The summed E-state index contributed by atoms with van der Waals surface area (Å²) in [5.41, 5.74) is 3.61. The Morgan fingerprint density at radius 3 is 2.61 bits per heavy atom. The highest BCUT2D eigenvalue weighted by atomic mass is 15.1. The predicted octanol–water partition coefficient (Wildman–Crippen LogP) is 5.63. The van der Waals surface area contributed by atoms with E-state index in [1.54, 1.807) is 0 Å². The Hall–Kier alpha value is -2.66. The summed E-state index contributed by atoms with van der Waals surface area (Å²) in [4.78, 5) is 13.9. The molecule has 1 fully saturated rings. The van der Waals surface area contributed by atoms with Crippen molar-refractivity contribution in [1.29, 1.82) is 0 Å². The van der Waals surface area contributed by atoms with E-state index in [4.69, 9.17) is 0 Å². The van der Waals surface area contributed by atoms with Crippen molar-refractivity contribution in [2.75, 3.05) is 42.9 Å². The molecule has 0 radical (unpaired) electrons. The minimum Gasteiger partial charge on any atom is -0.371 e. The Balaban J connectivity index is 1.40. The molecule has 1 saturated heterocycles. The maximum atomic E-state index is 4.64. The lowest BCUT2D eigenvalue weighted by Crippen LogP contribution is -2.35. The summed E-state index contributed by atoms with van der Waals surface area (Å²) in [5, 5.41) is 5.82. The van der Waals surface area contributed by atoms with Crippen LogP contribution in [0.4, 0.5) is 17.2 Å². The zero-order chi connectivity index (χ0) is 21.6. The molecule has 1 aliphatic rings. The van der Waals surface area contributed by atoms with Crippen LogP contribution >= 0.6 is 0 Å². The van der Waals surface area contributed by atoms with Crippen molar-refractivity contribution in [3.8, 4) is 0 Å². The molecule has 5 nitrogen and oxygen atoms in total. The SMILES string of the molecule is CCN(CC)CCC1CCN(c2cc(Nc3ccc4cnccc4c3)ncc2C)CC1. The van der Waals surface area contributed by atoms with Crippen molar-refractivity contribution in [3.05, 3.63) is 54.5 Å². The maximum Gasteiger partial charge on any atom is 0.132 e. The molecule has 164 valence electrons. The molecule has 3 aromatic rings. The molecule has 0 aliphatic carbocycles. The topological polar surface area (TPSA) is 44.3 Å². The van der Waals surface area contributed by atoms with Crippen LogP contribution in [0.15, 0.2) is 48.9 Å². The van der Waals surface area contributed by atoms with Crippen LogP contribution in [-0.2, 0) is 0 Å². The number of fused-ring (bicyclic) bond motifs is 1. The quantitative estimate of drug-likeness (QED) is 0.514. The van der Waals surface area contributed by atoms with E-state index in [-0.39, 0.29) is 0 Å². The third-order valence-corrected chi connectivity index (χ3v) is 6.69. The van der Waals surface area contributed by atoms with Crippen molar-refractivity contribution >= 4 is 28.0 Å². The van der Waals surface area contributed by atoms with Gasteiger partial charge in [-0.2, -0.15) is 0 Å². The predicted molar refractivity (Wildman–Crippen MR) is 131 cm³/mol. The lowest BCUT2D eigenvalue weighted by atomic mass is 9.93. The molecule has 1 aromatic carbocycles. The smallest absolute Gasteiger partial charge is 0.132 e. The van der Waals surface area contributed by atoms with E-state index in [1.807, 2.05) is 24.7 Å². The highest BCUT2D eigenvalue weighted by Crippen LogP contribution is 2.30. The first-order valence-electron chi connectivity index (χ1n) is 11.7. The van der Waals surface area contributed by atoms with Gasteiger partial charge in [-0.1, -0.05) is 19.9 Å². The zero-order valence-corrected chi connectivity index (χ0v) is 19.1. The van der Waals surface area contributed by atoms with Crippen molar-refractivity contribution in [3.63, 3.8) is 0 Å². The summed E-state index contributed by atoms with van der Waals surface area (Å²) in [6.45, 7) is 12.5. The summed E-state index contributed by atoms with van der Waals surface area (Å²) >= 11 is 0. The highest BCUT2D eigenvalue weighted by molar-refractivity contribution is 5.85. The summed E-state index contributed by atoms with van der Waals surface area (Å²) in [7, 11) is 0. The zero-order valence-electron chi connectivity index (χ0n) is 19.1. The van der Waals surface area contributed by atoms with Gasteiger partial charge in [0, 0.05) is 54.5 Å². The molecule has 0 bridgehead atoms. The number of piperidine rings is 1. The van der Waals surface area contributed by atoms with E-state index < -0.39 is 0 Å². The molecule has 0 spiro atoms. The molecule has 0 amide bonds. The molecule has 1 N–H and O–H groups in total. The minimum absolute atomic E-state index is 0.851. The Morgan fingerprint density at radius 1 is 1.03 bits per heavy atom. The molecule has 0 unspecified atom stereocenters. The number of hydrogen-bond acceptors (Lipinski definition) is 5. The maximum absolute atomic E-state index is 4.64. The number of nitrogens with zero attached hydrogens (tertiary/aromatic N) is 4. The standard InChI is InChI=1S/C26H35N5/c1-4-30(5-2)13-9-21-10-14-31(15-11-21)25-17-26(28-18-20(25)3)29-24-7-6-23-19-27-12-8-22(23)16-24/h6-8,12,16-19,21H,4-5,9-11,13-15H2,1-3H3,(H,28,29). The number of benzene rings is 1. The van der Waals surface area contributed by atoms with Crippen LogP contribution in [0.3, 0.4) is 0 Å². The number of rotatable bonds is 8. The fraction of sp³-hybridized carbons (Fsp3) is 0.462. The fourth-order valence-corrected chi connectivity index (χ4v) is 4.60. The summed E-state index contributed by atoms with van der Waals surface area (Å²) in [5.74, 6) is 1.75. The first-order chi connectivity index (χ1) is 15.2. The first-order valence-corrected chi connectivity index (χ1v) is 11.7. The van der Waals surface area contributed by atoms with Gasteiger partial charge in [-0.15, -0.1) is 0 Å². The Bertz CT molecular complexity index is 990. The molecule has 2 aromatic heterocycles. The third kappa shape index (κ3) is 5.34. The Kier molecular flexibility index (Phi) is 7.03. The van der Waals surface area contributed by atoms with Crippen LogP contribution in [0.5, 0.6) is 0 Å². The molecule has 4 rings (SSSR count). The van der Waals surface area contributed by atoms with Crippen molar-refractivity contribution < 1.29 is 0 Å². The summed E-state index contributed by atoms with van der Waals surface area (Å²) in [6, 6.07) is 10.6. The minimum atomic E-state index is 0.851. The van der Waals surface area contributed by atoms with Gasteiger partial charge in [0.1, 0.15) is 5.82 Å². The van der Waals surface area contributed by atoms with Crippen LogP contribution in [0.1, 0.15) is 38.7 Å². The molecule has 31 heavy (non-hydrogen) atoms. The Labute approximate surface area is 186 Å². The molecule has 0 atom stereocenters. The average molecular weight is 418 g/mol. The van der Waals surface area contributed by atoms with Gasteiger partial charge >= 0.3 is 0 Å². The molecular formula is C26H35N5. The number of pyridine rings is 2. The lowest BCUT2D eigenvalue weighted by molar-refractivity contribution is 0.259. The van der Waals surface area contributed by atoms with Crippen molar-refractivity contribution in [2.24, 2.45) is 5.92 Å². The van der Waals surface area contributed by atoms with Crippen LogP contribution in [-0.4, -0.2) is 47.6 Å². The van der Waals surface area contributed by atoms with Gasteiger partial charge in [-0.3, -0.25) is 4.98 Å². The van der Waals surface area contributed by atoms with Gasteiger partial charge in [0.05, 0.1) is 0 Å². The molecule has 1 aliphatic heterocycles. The summed E-state index contributed by atoms with van der Waals surface area (Å²) < 4.78 is 0. The van der Waals surface area contributed by atoms with Gasteiger partial charge in [0.2, 0.25) is 0 Å². The number of nitrogens with one attached hydrogen (secondary N) is 1. The monoisotopic (exact) mass is 417 g/mol. The second-order valence-corrected chi connectivity index (χ2v) is 8.66. The molecule has 5 heteroatoms. The third-order valence-electron chi connectivity index (χ3n) is 6.69. The Morgan fingerprint density at radius 2 is 1.84 bits per heavy atom. The van der Waals surface area contributed by atoms with Gasteiger partial charge in [-0.05, 0) is 80.9 Å². The van der Waals surface area contributed by atoms with Crippen LogP contribution in [0.2, 0.25) is 0 Å². The number of hydrogen-bond donors (Lipinski definition) is 1. The average Bonchev–Trinajstić information content (AvgIpc) is 2.81. The highest BCUT2D eigenvalue weighted by Gasteiger charge is 2.21. The van der Waals surface area contributed by atoms with E-state index in [2.05, 4.69) is 70.1 Å². The second kappa shape index (κ2) is 10.1. The summed E-state index contributed by atoms with van der Waals surface area (Å²) in [6.07, 6.45) is 9.62. The number of aromatic nitrogens is 2. The van der Waals surface area contributed by atoms with Gasteiger partial charge < -0.3 is 15.1 Å². The lowest BCUT2D eigenvalue weighted by Gasteiger charge is -2.35. The normalized spacial score (nSPS) is 15.0. The van der Waals surface area contributed by atoms with Crippen molar-refractivity contribution in [1.82, 2.24) is 14.9 Å².